The first-order valence-corrected chi connectivity index (χ1v) is 6.10. The van der Waals surface area contributed by atoms with Crippen LogP contribution in [0.5, 0.6) is 5.75 Å². The van der Waals surface area contributed by atoms with Crippen LogP contribution in [0.4, 0.5) is 5.69 Å². The molecule has 0 saturated carbocycles. The van der Waals surface area contributed by atoms with Gasteiger partial charge in [0.1, 0.15) is 11.3 Å². The molecule has 1 amide bonds. The van der Waals surface area contributed by atoms with E-state index in [2.05, 4.69) is 11.9 Å². The number of rotatable bonds is 8. The number of carbonyl (C=O) groups is 1. The highest BCUT2D eigenvalue weighted by Gasteiger charge is 2.14. The number of anilines is 1. The lowest BCUT2D eigenvalue weighted by molar-refractivity contribution is 0.0916. The zero-order valence-corrected chi connectivity index (χ0v) is 11.1. The third kappa shape index (κ3) is 4.63. The zero-order valence-electron chi connectivity index (χ0n) is 11.1. The van der Waals surface area contributed by atoms with Crippen LogP contribution in [0.15, 0.2) is 30.9 Å². The Kier molecular flexibility index (Phi) is 6.46. The normalized spacial score (nSPS) is 9.95. The molecule has 1 rings (SSSR count). The summed E-state index contributed by atoms with van der Waals surface area (Å²) in [5.74, 6) is 0.201. The quantitative estimate of drug-likeness (QED) is 0.425. The van der Waals surface area contributed by atoms with E-state index in [-0.39, 0.29) is 5.91 Å². The molecular weight excluding hydrogens is 244 g/mol. The summed E-state index contributed by atoms with van der Waals surface area (Å²) < 4.78 is 10.4. The van der Waals surface area contributed by atoms with Crippen molar-refractivity contribution in [3.8, 4) is 5.75 Å². The molecule has 0 spiro atoms. The number of carbonyl (C=O) groups excluding carboxylic acids is 1. The molecule has 0 saturated heterocycles. The first-order valence-electron chi connectivity index (χ1n) is 6.10. The van der Waals surface area contributed by atoms with Crippen molar-refractivity contribution in [2.75, 3.05) is 32.6 Å². The summed E-state index contributed by atoms with van der Waals surface area (Å²) in [7, 11) is 1.50. The van der Waals surface area contributed by atoms with Crippen LogP contribution >= 0.6 is 0 Å². The van der Waals surface area contributed by atoms with E-state index in [1.54, 1.807) is 24.3 Å². The lowest BCUT2D eigenvalue weighted by Crippen LogP contribution is -2.28. The van der Waals surface area contributed by atoms with E-state index in [0.717, 1.165) is 6.42 Å². The van der Waals surface area contributed by atoms with Crippen LogP contribution < -0.4 is 15.8 Å². The van der Waals surface area contributed by atoms with E-state index in [1.807, 2.05) is 0 Å². The SMILES string of the molecule is C=CCCOCCNC(=O)c1c(N)cccc1OC. The number of methoxy groups -OCH3 is 1. The number of nitrogens with two attached hydrogens (primary N) is 1. The van der Waals surface area contributed by atoms with Gasteiger partial charge in [0.2, 0.25) is 0 Å². The minimum atomic E-state index is -0.262. The second-order valence-corrected chi connectivity index (χ2v) is 3.87. The third-order valence-corrected chi connectivity index (χ3v) is 2.50. The Hall–Kier alpha value is -2.01. The first kappa shape index (κ1) is 15.0. The minimum absolute atomic E-state index is 0.262. The standard InChI is InChI=1S/C14H20N2O3/c1-3-4-9-19-10-8-16-14(17)13-11(15)6-5-7-12(13)18-2/h3,5-7H,1,4,8-10,15H2,2H3,(H,16,17). The summed E-state index contributed by atoms with van der Waals surface area (Å²) in [6.45, 7) is 5.08. The Balaban J connectivity index is 2.47. The number of nitrogens with one attached hydrogen (secondary N) is 1. The molecule has 5 nitrogen and oxygen atoms in total. The van der Waals surface area contributed by atoms with E-state index < -0.39 is 0 Å². The predicted octanol–water partition coefficient (Wildman–Crippen LogP) is 1.60. The van der Waals surface area contributed by atoms with Crippen LogP contribution in [0, 0.1) is 0 Å². The van der Waals surface area contributed by atoms with E-state index in [1.165, 1.54) is 7.11 Å². The molecule has 0 aliphatic rings. The number of hydrogen-bond acceptors (Lipinski definition) is 4. The second-order valence-electron chi connectivity index (χ2n) is 3.87. The highest BCUT2D eigenvalue weighted by Crippen LogP contribution is 2.23. The van der Waals surface area contributed by atoms with E-state index in [0.29, 0.717) is 36.8 Å². The van der Waals surface area contributed by atoms with Gasteiger partial charge in [-0.2, -0.15) is 0 Å². The molecule has 0 bridgehead atoms. The van der Waals surface area contributed by atoms with Gasteiger partial charge in [0.05, 0.1) is 20.3 Å². The van der Waals surface area contributed by atoms with Gasteiger partial charge in [-0.05, 0) is 18.6 Å². The van der Waals surface area contributed by atoms with Crippen LogP contribution in [0.3, 0.4) is 0 Å². The van der Waals surface area contributed by atoms with Crippen molar-refractivity contribution in [3.63, 3.8) is 0 Å². The van der Waals surface area contributed by atoms with E-state index in [9.17, 15) is 4.79 Å². The molecule has 0 radical (unpaired) electrons. The molecule has 0 atom stereocenters. The lowest BCUT2D eigenvalue weighted by Gasteiger charge is -2.11. The van der Waals surface area contributed by atoms with Gasteiger partial charge in [-0.25, -0.2) is 0 Å². The summed E-state index contributed by atoms with van der Waals surface area (Å²) in [6.07, 6.45) is 2.58. The van der Waals surface area contributed by atoms with Gasteiger partial charge in [0.15, 0.2) is 0 Å². The molecule has 1 aromatic rings. The Labute approximate surface area is 113 Å². The molecule has 0 aliphatic carbocycles. The molecule has 0 aliphatic heterocycles. The summed E-state index contributed by atoms with van der Waals surface area (Å²) >= 11 is 0. The maximum absolute atomic E-state index is 12.0. The Morgan fingerprint density at radius 2 is 2.26 bits per heavy atom. The van der Waals surface area contributed by atoms with Crippen LogP contribution in [0.2, 0.25) is 0 Å². The van der Waals surface area contributed by atoms with E-state index in [4.69, 9.17) is 15.2 Å². The molecule has 19 heavy (non-hydrogen) atoms. The number of amides is 1. The smallest absolute Gasteiger partial charge is 0.257 e. The topological polar surface area (TPSA) is 73.6 Å². The van der Waals surface area contributed by atoms with Gasteiger partial charge in [0.25, 0.3) is 5.91 Å². The number of hydrogen-bond donors (Lipinski definition) is 2. The highest BCUT2D eigenvalue weighted by molar-refractivity contribution is 6.01. The monoisotopic (exact) mass is 264 g/mol. The Morgan fingerprint density at radius 1 is 1.47 bits per heavy atom. The number of ether oxygens (including phenoxy) is 2. The van der Waals surface area contributed by atoms with Gasteiger partial charge < -0.3 is 20.5 Å². The third-order valence-electron chi connectivity index (χ3n) is 2.50. The fourth-order valence-corrected chi connectivity index (χ4v) is 1.56. The summed E-state index contributed by atoms with van der Waals surface area (Å²) in [6, 6.07) is 5.10. The van der Waals surface area contributed by atoms with Crippen molar-refractivity contribution >= 4 is 11.6 Å². The molecule has 0 heterocycles. The maximum Gasteiger partial charge on any atom is 0.257 e. The molecule has 0 aromatic heterocycles. The number of benzene rings is 1. The molecule has 0 unspecified atom stereocenters. The summed E-state index contributed by atoms with van der Waals surface area (Å²) in [5, 5.41) is 2.74. The fourth-order valence-electron chi connectivity index (χ4n) is 1.56. The fraction of sp³-hybridized carbons (Fsp3) is 0.357. The second kappa shape index (κ2) is 8.16. The molecule has 5 heteroatoms. The summed E-state index contributed by atoms with van der Waals surface area (Å²) in [4.78, 5) is 12.0. The molecule has 0 fully saturated rings. The van der Waals surface area contributed by atoms with Crippen LogP contribution in [0.1, 0.15) is 16.8 Å². The zero-order chi connectivity index (χ0) is 14.1. The number of nitrogen functional groups attached to an aromatic ring is 1. The average Bonchev–Trinajstić information content (AvgIpc) is 2.42. The molecule has 1 aromatic carbocycles. The van der Waals surface area contributed by atoms with Gasteiger partial charge in [-0.1, -0.05) is 12.1 Å². The van der Waals surface area contributed by atoms with Gasteiger partial charge in [-0.15, -0.1) is 6.58 Å². The molecular formula is C14H20N2O3. The minimum Gasteiger partial charge on any atom is -0.496 e. The summed E-state index contributed by atoms with van der Waals surface area (Å²) in [5.41, 5.74) is 6.54. The van der Waals surface area contributed by atoms with Crippen LogP contribution in [0.25, 0.3) is 0 Å². The Bertz CT molecular complexity index is 433. The maximum atomic E-state index is 12.0. The first-order chi connectivity index (χ1) is 9.20. The van der Waals surface area contributed by atoms with Crippen molar-refractivity contribution < 1.29 is 14.3 Å². The van der Waals surface area contributed by atoms with Crippen molar-refractivity contribution in [2.45, 2.75) is 6.42 Å². The van der Waals surface area contributed by atoms with Crippen molar-refractivity contribution in [1.82, 2.24) is 5.32 Å². The molecule has 3 N–H and O–H groups in total. The molecule has 104 valence electrons. The van der Waals surface area contributed by atoms with Gasteiger partial charge in [0, 0.05) is 12.2 Å². The average molecular weight is 264 g/mol. The largest absolute Gasteiger partial charge is 0.496 e. The van der Waals surface area contributed by atoms with Crippen molar-refractivity contribution in [2.24, 2.45) is 0 Å². The predicted molar refractivity (Wildman–Crippen MR) is 75.4 cm³/mol. The van der Waals surface area contributed by atoms with Crippen LogP contribution in [-0.4, -0.2) is 32.8 Å². The highest BCUT2D eigenvalue weighted by atomic mass is 16.5. The van der Waals surface area contributed by atoms with Crippen molar-refractivity contribution in [3.05, 3.63) is 36.4 Å². The van der Waals surface area contributed by atoms with Gasteiger partial charge >= 0.3 is 0 Å². The van der Waals surface area contributed by atoms with Crippen LogP contribution in [-0.2, 0) is 4.74 Å². The van der Waals surface area contributed by atoms with Crippen molar-refractivity contribution in [1.29, 1.82) is 0 Å². The van der Waals surface area contributed by atoms with Gasteiger partial charge in [-0.3, -0.25) is 4.79 Å². The van der Waals surface area contributed by atoms with E-state index >= 15 is 0 Å². The lowest BCUT2D eigenvalue weighted by atomic mass is 10.1. The Morgan fingerprint density at radius 3 is 2.95 bits per heavy atom.